The fourth-order valence-corrected chi connectivity index (χ4v) is 11.6. The van der Waals surface area contributed by atoms with Gasteiger partial charge in [-0.05, 0) is 19.0 Å². The topological polar surface area (TPSA) is 0 Å². The molecule has 12 heavy (non-hydrogen) atoms. The van der Waals surface area contributed by atoms with Crippen molar-refractivity contribution in [1.29, 1.82) is 0 Å². The van der Waals surface area contributed by atoms with Crippen LogP contribution in [0.3, 0.4) is 0 Å². The van der Waals surface area contributed by atoms with Crippen LogP contribution in [0.4, 0.5) is 0 Å². The normalized spacial score (nSPS) is 43.0. The largest absolute Gasteiger partial charge is 0.378 e. The van der Waals surface area contributed by atoms with E-state index in [1.165, 1.54) is 38.1 Å². The molecule has 0 aromatic heterocycles. The van der Waals surface area contributed by atoms with Crippen LogP contribution in [0.1, 0.15) is 0 Å². The first kappa shape index (κ1) is 8.20. The summed E-state index contributed by atoms with van der Waals surface area (Å²) in [6.45, 7) is 0. The van der Waals surface area contributed by atoms with Gasteiger partial charge in [0.2, 0.25) is 0 Å². The van der Waals surface area contributed by atoms with Gasteiger partial charge < -0.3 is 22.2 Å². The molecule has 0 aromatic carbocycles. The van der Waals surface area contributed by atoms with Crippen molar-refractivity contribution < 1.29 is 0 Å². The van der Waals surface area contributed by atoms with Crippen LogP contribution in [-0.2, 0) is 0 Å². The van der Waals surface area contributed by atoms with Crippen LogP contribution in [0.2, 0.25) is 35.3 Å². The fraction of sp³-hybridized carbons (Fsp3) is 0.750. The molecular weight excluding hydrogens is 208 g/mol. The van der Waals surface area contributed by atoms with E-state index in [9.17, 15) is 0 Å². The zero-order valence-corrected chi connectivity index (χ0v) is 11.0. The Hall–Kier alpha value is 0.868. The van der Waals surface area contributed by atoms with Gasteiger partial charge in [-0.25, -0.2) is 0 Å². The van der Waals surface area contributed by atoms with Crippen LogP contribution in [0.5, 0.6) is 0 Å². The summed E-state index contributed by atoms with van der Waals surface area (Å²) < 4.78 is 0. The molecule has 3 rings (SSSR count). The third-order valence-corrected chi connectivity index (χ3v) is 11.1. The van der Waals surface area contributed by atoms with Gasteiger partial charge in [0.05, 0.1) is 0 Å². The Labute approximate surface area is 84.6 Å². The lowest BCUT2D eigenvalue weighted by Crippen LogP contribution is -2.50. The first-order valence-corrected chi connectivity index (χ1v) is 9.63. The molecule has 2 aliphatic heterocycles. The molecule has 0 atom stereocenters. The zero-order valence-electron chi connectivity index (χ0n) is 6.98. The quantitative estimate of drug-likeness (QED) is 0.423. The summed E-state index contributed by atoms with van der Waals surface area (Å²) in [7, 11) is 5.13. The molecule has 0 N–H and O–H groups in total. The van der Waals surface area contributed by atoms with Crippen molar-refractivity contribution in [2.75, 3.05) is 0 Å². The minimum atomic E-state index is 1.09. The first-order chi connectivity index (χ1) is 5.97. The summed E-state index contributed by atoms with van der Waals surface area (Å²) >= 11 is 0. The Morgan fingerprint density at radius 1 is 0.750 bits per heavy atom. The highest BCUT2D eigenvalue weighted by Gasteiger charge is 2.28. The summed E-state index contributed by atoms with van der Waals surface area (Å²) in [5.41, 5.74) is 6.24. The highest BCUT2D eigenvalue weighted by molar-refractivity contribution is 6.69. The number of hydrogen-bond donors (Lipinski definition) is 0. The minimum absolute atomic E-state index is 1.09. The van der Waals surface area contributed by atoms with Gasteiger partial charge in [0.1, 0.15) is 0 Å². The van der Waals surface area contributed by atoms with Gasteiger partial charge >= 0.3 is 0 Å². The summed E-state index contributed by atoms with van der Waals surface area (Å²) in [6, 6.07) is 6.19. The predicted molar refractivity (Wildman–Crippen MR) is 56.2 cm³/mol. The first-order valence-electron chi connectivity index (χ1n) is 4.65. The van der Waals surface area contributed by atoms with E-state index in [1.54, 1.807) is 24.2 Å². The van der Waals surface area contributed by atoms with E-state index >= 15 is 0 Å². The maximum Gasteiger partial charge on any atom is -0.0239 e. The molecule has 3 fully saturated rings. The molecule has 3 aliphatic rings. The second-order valence-electron chi connectivity index (χ2n) is 3.54. The molecule has 0 bridgehead atoms. The van der Waals surface area contributed by atoms with Crippen LogP contribution in [0.15, 0.2) is 0 Å². The van der Waals surface area contributed by atoms with E-state index in [1.807, 2.05) is 11.1 Å². The summed E-state index contributed by atoms with van der Waals surface area (Å²) in [5, 5.41) is 0. The molecule has 2 heterocycles. The predicted octanol–water partition coefficient (Wildman–Crippen LogP) is 1.16. The highest BCUT2D eigenvalue weighted by Crippen LogP contribution is 2.60. The molecule has 8 radical (unpaired) electrons. The smallest absolute Gasteiger partial charge is 0.0239 e. The third-order valence-electron chi connectivity index (χ3n) is 2.85. The van der Waals surface area contributed by atoms with E-state index in [4.69, 9.17) is 0 Å². The molecule has 0 aromatic rings. The fourth-order valence-electron chi connectivity index (χ4n) is 2.27. The van der Waals surface area contributed by atoms with Gasteiger partial charge in [0.15, 0.2) is 0 Å². The van der Waals surface area contributed by atoms with Crippen molar-refractivity contribution in [1.82, 2.24) is 0 Å². The van der Waals surface area contributed by atoms with Crippen LogP contribution < -0.4 is 0 Å². The lowest BCUT2D eigenvalue weighted by molar-refractivity contribution is 0.703. The average Bonchev–Trinajstić information content (AvgIpc) is 2.14. The van der Waals surface area contributed by atoms with Gasteiger partial charge in [-0.15, -0.1) is 0 Å². The second kappa shape index (κ2) is 3.22. The van der Waals surface area contributed by atoms with Gasteiger partial charge in [-0.2, -0.15) is 19.0 Å². The SMILES string of the molecule is C1C[Si]C2[C-]([Si]1)C1[Si]CC[Si][C-]21. The molecule has 1 saturated carbocycles. The van der Waals surface area contributed by atoms with Gasteiger partial charge in [-0.1, -0.05) is 24.2 Å². The van der Waals surface area contributed by atoms with Crippen LogP contribution >= 0.6 is 0 Å². The molecule has 60 valence electrons. The maximum absolute atomic E-state index is 2.03. The Morgan fingerprint density at radius 2 is 1.25 bits per heavy atom. The second-order valence-corrected chi connectivity index (χ2v) is 9.37. The monoisotopic (exact) mass is 218 g/mol. The minimum Gasteiger partial charge on any atom is -0.378 e. The standard InChI is InChI=1S/C8H10Si4/c1-2-10-6-5(9-1)7-8(6)12-4-3-11-7/h5,8H,1-4H2/q-2. The van der Waals surface area contributed by atoms with Crippen LogP contribution in [-0.4, -0.2) is 38.1 Å². The molecule has 1 aliphatic carbocycles. The summed E-state index contributed by atoms with van der Waals surface area (Å²) in [5.74, 6) is 0. The summed E-state index contributed by atoms with van der Waals surface area (Å²) in [6.07, 6.45) is 0. The van der Waals surface area contributed by atoms with Crippen molar-refractivity contribution in [3.05, 3.63) is 11.1 Å². The van der Waals surface area contributed by atoms with Gasteiger partial charge in [0.25, 0.3) is 0 Å². The molecule has 4 heteroatoms. The third kappa shape index (κ3) is 1.11. The lowest BCUT2D eigenvalue weighted by Gasteiger charge is -2.81. The van der Waals surface area contributed by atoms with Crippen LogP contribution in [0.25, 0.3) is 0 Å². The number of rotatable bonds is 0. The van der Waals surface area contributed by atoms with Crippen molar-refractivity contribution in [3.63, 3.8) is 0 Å². The van der Waals surface area contributed by atoms with Gasteiger partial charge in [-0.3, -0.25) is 0 Å². The Bertz CT molecular complexity index is 136. The molecule has 0 amide bonds. The van der Waals surface area contributed by atoms with E-state index < -0.39 is 0 Å². The Kier molecular flexibility index (Phi) is 2.20. The molecule has 0 spiro atoms. The summed E-state index contributed by atoms with van der Waals surface area (Å²) in [4.78, 5) is 0. The zero-order chi connectivity index (χ0) is 7.97. The van der Waals surface area contributed by atoms with Gasteiger partial charge in [0, 0.05) is 0 Å². The highest BCUT2D eigenvalue weighted by atomic mass is 28.2. The average molecular weight is 219 g/mol. The van der Waals surface area contributed by atoms with E-state index in [2.05, 4.69) is 0 Å². The molecule has 0 nitrogen and oxygen atoms in total. The van der Waals surface area contributed by atoms with Crippen molar-refractivity contribution in [3.8, 4) is 0 Å². The number of fused-ring (bicyclic) bond motifs is 4. The Balaban J connectivity index is 1.73. The molecule has 0 unspecified atom stereocenters. The van der Waals surface area contributed by atoms with Crippen molar-refractivity contribution in [2.45, 2.75) is 35.3 Å². The van der Waals surface area contributed by atoms with Crippen molar-refractivity contribution in [2.24, 2.45) is 0 Å². The Morgan fingerprint density at radius 3 is 1.75 bits per heavy atom. The van der Waals surface area contributed by atoms with Crippen LogP contribution in [0, 0.1) is 11.1 Å². The van der Waals surface area contributed by atoms with E-state index in [0.29, 0.717) is 0 Å². The van der Waals surface area contributed by atoms with E-state index in [-0.39, 0.29) is 0 Å². The van der Waals surface area contributed by atoms with E-state index in [0.717, 1.165) is 11.1 Å². The molecule has 2 saturated heterocycles. The molecular formula is C8H10Si4-2. The van der Waals surface area contributed by atoms with Crippen molar-refractivity contribution >= 4 is 38.1 Å². The number of hydrogen-bond acceptors (Lipinski definition) is 0. The maximum atomic E-state index is 2.03. The lowest BCUT2D eigenvalue weighted by atomic mass is 9.95.